The number of pyridine rings is 1. The molecule has 1 N–H and O–H groups in total. The number of hydrogen-bond acceptors (Lipinski definition) is 2. The number of nitrogens with zero attached hydrogens (tertiary/aromatic N) is 1. The zero-order valence-corrected chi connectivity index (χ0v) is 12.9. The van der Waals surface area contributed by atoms with Gasteiger partial charge in [0.05, 0.1) is 0 Å². The average Bonchev–Trinajstić information content (AvgIpc) is 2.78. The number of rotatable bonds is 5. The zero-order valence-electron chi connectivity index (χ0n) is 11.3. The van der Waals surface area contributed by atoms with Crippen molar-refractivity contribution in [2.45, 2.75) is 45.6 Å². The van der Waals surface area contributed by atoms with Crippen LogP contribution in [0.3, 0.4) is 0 Å². The summed E-state index contributed by atoms with van der Waals surface area (Å²) in [4.78, 5) is 4.50. The standard InChI is InChI=1S/C15H23BrN2/c1-3-17-15(12-5-4-11(2)8-12)9-14-7-6-13(16)10-18-14/h6-7,10-12,15,17H,3-5,8-9H2,1-2H3. The molecular formula is C15H23BrN2. The summed E-state index contributed by atoms with van der Waals surface area (Å²) in [5.74, 6) is 1.72. The molecule has 3 unspecified atom stereocenters. The van der Waals surface area contributed by atoms with Gasteiger partial charge in [-0.3, -0.25) is 4.98 Å². The van der Waals surface area contributed by atoms with Gasteiger partial charge in [-0.15, -0.1) is 0 Å². The Labute approximate surface area is 119 Å². The Morgan fingerprint density at radius 3 is 2.83 bits per heavy atom. The van der Waals surface area contributed by atoms with Gasteiger partial charge in [-0.05, 0) is 59.3 Å². The highest BCUT2D eigenvalue weighted by Gasteiger charge is 2.28. The Kier molecular flexibility index (Phi) is 5.19. The van der Waals surface area contributed by atoms with Gasteiger partial charge in [0.1, 0.15) is 0 Å². The van der Waals surface area contributed by atoms with Crippen LogP contribution in [0.2, 0.25) is 0 Å². The van der Waals surface area contributed by atoms with Crippen LogP contribution in [-0.2, 0) is 6.42 Å². The first-order valence-electron chi connectivity index (χ1n) is 7.02. The van der Waals surface area contributed by atoms with E-state index >= 15 is 0 Å². The van der Waals surface area contributed by atoms with Crippen molar-refractivity contribution in [2.75, 3.05) is 6.54 Å². The predicted molar refractivity (Wildman–Crippen MR) is 79.6 cm³/mol. The summed E-state index contributed by atoms with van der Waals surface area (Å²) >= 11 is 3.44. The molecule has 1 aliphatic rings. The second kappa shape index (κ2) is 6.67. The summed E-state index contributed by atoms with van der Waals surface area (Å²) in [7, 11) is 0. The van der Waals surface area contributed by atoms with Crippen molar-refractivity contribution in [3.63, 3.8) is 0 Å². The molecule has 2 nitrogen and oxygen atoms in total. The van der Waals surface area contributed by atoms with Crippen molar-refractivity contribution in [3.8, 4) is 0 Å². The lowest BCUT2D eigenvalue weighted by atomic mass is 9.93. The quantitative estimate of drug-likeness (QED) is 0.894. The third-order valence-electron chi connectivity index (χ3n) is 3.99. The molecule has 0 radical (unpaired) electrons. The third kappa shape index (κ3) is 3.79. The normalized spacial score (nSPS) is 25.3. The van der Waals surface area contributed by atoms with Crippen LogP contribution >= 0.6 is 15.9 Å². The molecule has 100 valence electrons. The first kappa shape index (κ1) is 14.0. The van der Waals surface area contributed by atoms with Gasteiger partial charge in [0.2, 0.25) is 0 Å². The maximum Gasteiger partial charge on any atom is 0.0420 e. The van der Waals surface area contributed by atoms with E-state index in [2.05, 4.69) is 52.2 Å². The fourth-order valence-electron chi connectivity index (χ4n) is 3.04. The molecule has 0 saturated heterocycles. The molecule has 2 rings (SSSR count). The number of aromatic nitrogens is 1. The van der Waals surface area contributed by atoms with Crippen LogP contribution in [0.5, 0.6) is 0 Å². The Hall–Kier alpha value is -0.410. The maximum absolute atomic E-state index is 4.50. The lowest BCUT2D eigenvalue weighted by Gasteiger charge is -2.24. The zero-order chi connectivity index (χ0) is 13.0. The summed E-state index contributed by atoms with van der Waals surface area (Å²) in [6.07, 6.45) is 7.08. The van der Waals surface area contributed by atoms with Gasteiger partial charge in [-0.25, -0.2) is 0 Å². The molecule has 0 amide bonds. The summed E-state index contributed by atoms with van der Waals surface area (Å²) in [6, 6.07) is 4.81. The van der Waals surface area contributed by atoms with E-state index in [0.29, 0.717) is 6.04 Å². The van der Waals surface area contributed by atoms with Crippen LogP contribution in [0.4, 0.5) is 0 Å². The van der Waals surface area contributed by atoms with E-state index in [0.717, 1.165) is 29.3 Å². The van der Waals surface area contributed by atoms with E-state index in [4.69, 9.17) is 0 Å². The minimum absolute atomic E-state index is 0.591. The van der Waals surface area contributed by atoms with E-state index in [-0.39, 0.29) is 0 Å². The van der Waals surface area contributed by atoms with Crippen LogP contribution in [0.15, 0.2) is 22.8 Å². The van der Waals surface area contributed by atoms with Gasteiger partial charge in [0.15, 0.2) is 0 Å². The van der Waals surface area contributed by atoms with Gasteiger partial charge >= 0.3 is 0 Å². The molecule has 1 aromatic rings. The smallest absolute Gasteiger partial charge is 0.0420 e. The molecule has 0 bridgehead atoms. The lowest BCUT2D eigenvalue weighted by molar-refractivity contribution is 0.352. The Bertz CT molecular complexity index is 363. The Balaban J connectivity index is 1.99. The molecule has 0 aliphatic heterocycles. The van der Waals surface area contributed by atoms with E-state index in [1.165, 1.54) is 25.0 Å². The first-order valence-corrected chi connectivity index (χ1v) is 7.82. The van der Waals surface area contributed by atoms with E-state index in [1.807, 2.05) is 6.20 Å². The van der Waals surface area contributed by atoms with Crippen molar-refractivity contribution in [2.24, 2.45) is 11.8 Å². The summed E-state index contributed by atoms with van der Waals surface area (Å²) in [5.41, 5.74) is 1.20. The second-order valence-corrected chi connectivity index (χ2v) is 6.43. The van der Waals surface area contributed by atoms with Crippen LogP contribution in [0.25, 0.3) is 0 Å². The average molecular weight is 311 g/mol. The topological polar surface area (TPSA) is 24.9 Å². The monoisotopic (exact) mass is 310 g/mol. The van der Waals surface area contributed by atoms with Crippen molar-refractivity contribution in [1.82, 2.24) is 10.3 Å². The highest BCUT2D eigenvalue weighted by molar-refractivity contribution is 9.10. The van der Waals surface area contributed by atoms with E-state index < -0.39 is 0 Å². The molecule has 3 heteroatoms. The third-order valence-corrected chi connectivity index (χ3v) is 4.46. The molecule has 1 saturated carbocycles. The van der Waals surface area contributed by atoms with E-state index in [9.17, 15) is 0 Å². The number of nitrogens with one attached hydrogen (secondary N) is 1. The minimum atomic E-state index is 0.591. The largest absolute Gasteiger partial charge is 0.314 e. The van der Waals surface area contributed by atoms with Crippen molar-refractivity contribution in [3.05, 3.63) is 28.5 Å². The highest BCUT2D eigenvalue weighted by atomic mass is 79.9. The minimum Gasteiger partial charge on any atom is -0.314 e. The maximum atomic E-state index is 4.50. The van der Waals surface area contributed by atoms with Crippen LogP contribution in [-0.4, -0.2) is 17.6 Å². The molecule has 1 aliphatic carbocycles. The lowest BCUT2D eigenvalue weighted by Crippen LogP contribution is -2.37. The van der Waals surface area contributed by atoms with Crippen molar-refractivity contribution >= 4 is 15.9 Å². The van der Waals surface area contributed by atoms with Gasteiger partial charge in [-0.2, -0.15) is 0 Å². The fourth-order valence-corrected chi connectivity index (χ4v) is 3.27. The Morgan fingerprint density at radius 1 is 1.44 bits per heavy atom. The molecule has 3 atom stereocenters. The van der Waals surface area contributed by atoms with E-state index in [1.54, 1.807) is 0 Å². The van der Waals surface area contributed by atoms with Crippen molar-refractivity contribution in [1.29, 1.82) is 0 Å². The molecule has 1 fully saturated rings. The Morgan fingerprint density at radius 2 is 2.28 bits per heavy atom. The van der Waals surface area contributed by atoms with Gasteiger partial charge in [0, 0.05) is 28.8 Å². The number of hydrogen-bond donors (Lipinski definition) is 1. The highest BCUT2D eigenvalue weighted by Crippen LogP contribution is 2.33. The van der Waals surface area contributed by atoms with Crippen LogP contribution < -0.4 is 5.32 Å². The molecule has 1 heterocycles. The number of halogens is 1. The van der Waals surface area contributed by atoms with Gasteiger partial charge in [-0.1, -0.05) is 20.3 Å². The van der Waals surface area contributed by atoms with Gasteiger partial charge < -0.3 is 5.32 Å². The molecule has 18 heavy (non-hydrogen) atoms. The fraction of sp³-hybridized carbons (Fsp3) is 0.667. The predicted octanol–water partition coefficient (Wildman–Crippen LogP) is 3.80. The molecular weight excluding hydrogens is 288 g/mol. The van der Waals surface area contributed by atoms with Crippen LogP contribution in [0.1, 0.15) is 38.8 Å². The summed E-state index contributed by atoms with van der Waals surface area (Å²) in [6.45, 7) is 5.62. The first-order chi connectivity index (χ1) is 8.69. The van der Waals surface area contributed by atoms with Gasteiger partial charge in [0.25, 0.3) is 0 Å². The second-order valence-electron chi connectivity index (χ2n) is 5.51. The van der Waals surface area contributed by atoms with Crippen molar-refractivity contribution < 1.29 is 0 Å². The summed E-state index contributed by atoms with van der Waals surface area (Å²) < 4.78 is 1.06. The molecule has 1 aromatic heterocycles. The molecule has 0 aromatic carbocycles. The molecule has 0 spiro atoms. The summed E-state index contributed by atoms with van der Waals surface area (Å²) in [5, 5.41) is 3.66. The SMILES string of the molecule is CCNC(Cc1ccc(Br)cn1)C1CCC(C)C1. The van der Waals surface area contributed by atoms with Crippen LogP contribution in [0, 0.1) is 11.8 Å². The number of likely N-dealkylation sites (N-methyl/N-ethyl adjacent to an activating group) is 1.